The number of hydrogen-bond donors (Lipinski definition) is 1. The number of rotatable bonds is 7. The molecule has 9 rings (SSSR count). The van der Waals surface area contributed by atoms with Gasteiger partial charge < -0.3 is 9.88 Å². The van der Waals surface area contributed by atoms with Crippen LogP contribution in [-0.2, 0) is 0 Å². The van der Waals surface area contributed by atoms with E-state index in [2.05, 4.69) is 210 Å². The highest BCUT2D eigenvalue weighted by Gasteiger charge is 2.15. The molecule has 1 N–H and O–H groups in total. The number of hydrogen-bond acceptors (Lipinski definition) is 1. The Balaban J connectivity index is 1.12. The third-order valence-electron chi connectivity index (χ3n) is 9.59. The van der Waals surface area contributed by atoms with Gasteiger partial charge in [-0.2, -0.15) is 0 Å². The molecule has 9 aromatic rings. The lowest BCUT2D eigenvalue weighted by Crippen LogP contribution is -1.95. The predicted molar refractivity (Wildman–Crippen MR) is 212 cm³/mol. The van der Waals surface area contributed by atoms with Crippen molar-refractivity contribution in [1.82, 2.24) is 4.57 Å². The zero-order valence-corrected chi connectivity index (χ0v) is 27.5. The lowest BCUT2D eigenvalue weighted by molar-refractivity contribution is 1.18. The molecule has 0 aliphatic carbocycles. The maximum atomic E-state index is 3.75. The molecule has 1 heterocycles. The van der Waals surface area contributed by atoms with Crippen LogP contribution in [0.3, 0.4) is 0 Å². The monoisotopic (exact) mass is 638 g/mol. The van der Waals surface area contributed by atoms with Gasteiger partial charge in [-0.1, -0.05) is 146 Å². The molecule has 0 spiro atoms. The molecule has 0 amide bonds. The molecule has 0 saturated carbocycles. The van der Waals surface area contributed by atoms with E-state index in [4.69, 9.17) is 0 Å². The third-order valence-corrected chi connectivity index (χ3v) is 9.59. The van der Waals surface area contributed by atoms with Crippen LogP contribution < -0.4 is 5.32 Å². The summed E-state index contributed by atoms with van der Waals surface area (Å²) in [7, 11) is 0. The van der Waals surface area contributed by atoms with Crippen molar-refractivity contribution in [1.29, 1.82) is 0 Å². The van der Waals surface area contributed by atoms with E-state index >= 15 is 0 Å². The molecule has 1 aromatic heterocycles. The van der Waals surface area contributed by atoms with E-state index in [-0.39, 0.29) is 0 Å². The highest BCUT2D eigenvalue weighted by molar-refractivity contribution is 6.10. The van der Waals surface area contributed by atoms with E-state index in [1.807, 2.05) is 0 Å². The largest absolute Gasteiger partial charge is 0.355 e. The molecule has 0 aliphatic rings. The van der Waals surface area contributed by atoms with Crippen LogP contribution in [0, 0.1) is 0 Å². The molecule has 0 saturated heterocycles. The van der Waals surface area contributed by atoms with Crippen LogP contribution in [0.15, 0.2) is 200 Å². The van der Waals surface area contributed by atoms with Crippen molar-refractivity contribution in [2.75, 3.05) is 5.32 Å². The van der Waals surface area contributed by atoms with Crippen LogP contribution in [0.4, 0.5) is 11.4 Å². The molecule has 0 radical (unpaired) electrons. The van der Waals surface area contributed by atoms with Gasteiger partial charge in [-0.15, -0.1) is 0 Å². The summed E-state index contributed by atoms with van der Waals surface area (Å²) in [6, 6.07) is 71.7. The Labute approximate surface area is 292 Å². The van der Waals surface area contributed by atoms with E-state index < -0.39 is 0 Å². The fourth-order valence-corrected chi connectivity index (χ4v) is 7.12. The van der Waals surface area contributed by atoms with Crippen LogP contribution in [0.5, 0.6) is 0 Å². The topological polar surface area (TPSA) is 17.0 Å². The van der Waals surface area contributed by atoms with Crippen molar-refractivity contribution in [3.8, 4) is 50.2 Å². The minimum absolute atomic E-state index is 1.06. The summed E-state index contributed by atoms with van der Waals surface area (Å²) in [5.41, 5.74) is 15.2. The lowest BCUT2D eigenvalue weighted by atomic mass is 9.96. The number of anilines is 2. The van der Waals surface area contributed by atoms with Crippen molar-refractivity contribution >= 4 is 33.2 Å². The Morgan fingerprint density at radius 1 is 0.320 bits per heavy atom. The highest BCUT2D eigenvalue weighted by Crippen LogP contribution is 2.39. The van der Waals surface area contributed by atoms with Gasteiger partial charge in [0.1, 0.15) is 0 Å². The molecule has 2 heteroatoms. The van der Waals surface area contributed by atoms with Gasteiger partial charge in [-0.3, -0.25) is 0 Å². The minimum atomic E-state index is 1.06. The highest BCUT2D eigenvalue weighted by atomic mass is 15.0. The van der Waals surface area contributed by atoms with E-state index in [0.29, 0.717) is 0 Å². The van der Waals surface area contributed by atoms with Crippen LogP contribution in [-0.4, -0.2) is 4.57 Å². The van der Waals surface area contributed by atoms with Crippen molar-refractivity contribution in [2.24, 2.45) is 0 Å². The standard InChI is InChI=1S/C48H34N2/c1-4-13-34(14-5-1)36-23-27-42(28-24-36)50-47-22-11-10-21-43(47)45-33-40(26-30-48(45)50)39-25-29-46(44(32-39)37-17-8-3-9-18-37)49-41-20-12-19-38(31-41)35-15-6-2-7-16-35/h1-33,49H. The van der Waals surface area contributed by atoms with Gasteiger partial charge in [-0.25, -0.2) is 0 Å². The Bertz CT molecular complexity index is 2580. The van der Waals surface area contributed by atoms with Crippen molar-refractivity contribution in [3.05, 3.63) is 200 Å². The summed E-state index contributed by atoms with van der Waals surface area (Å²) < 4.78 is 2.38. The number of aromatic nitrogens is 1. The predicted octanol–water partition coefficient (Wildman–Crippen LogP) is 13.2. The number of para-hydroxylation sites is 1. The average molecular weight is 639 g/mol. The maximum Gasteiger partial charge on any atom is 0.0541 e. The quantitative estimate of drug-likeness (QED) is 0.184. The van der Waals surface area contributed by atoms with Gasteiger partial charge in [0.25, 0.3) is 0 Å². The summed E-state index contributed by atoms with van der Waals surface area (Å²) in [6.07, 6.45) is 0. The Hall–Kier alpha value is -6.64. The molecule has 0 fully saturated rings. The third kappa shape index (κ3) is 5.53. The van der Waals surface area contributed by atoms with Crippen LogP contribution in [0.1, 0.15) is 0 Å². The van der Waals surface area contributed by atoms with Gasteiger partial charge in [0.05, 0.1) is 11.0 Å². The van der Waals surface area contributed by atoms with Crippen LogP contribution in [0.25, 0.3) is 72.0 Å². The summed E-state index contributed by atoms with van der Waals surface area (Å²) in [4.78, 5) is 0. The SMILES string of the molecule is c1ccc(-c2ccc(-n3c4ccccc4c4cc(-c5ccc(Nc6cccc(-c7ccccc7)c6)c(-c6ccccc6)c5)ccc43)cc2)cc1. The van der Waals surface area contributed by atoms with E-state index in [0.717, 1.165) is 22.6 Å². The van der Waals surface area contributed by atoms with Gasteiger partial charge in [-0.05, 0) is 93.5 Å². The maximum absolute atomic E-state index is 3.75. The van der Waals surface area contributed by atoms with Crippen molar-refractivity contribution in [2.45, 2.75) is 0 Å². The molecule has 0 unspecified atom stereocenters. The van der Waals surface area contributed by atoms with E-state index in [1.165, 1.54) is 60.8 Å². The lowest BCUT2D eigenvalue weighted by Gasteiger charge is -2.16. The normalized spacial score (nSPS) is 11.2. The van der Waals surface area contributed by atoms with Crippen molar-refractivity contribution in [3.63, 3.8) is 0 Å². The molecular weight excluding hydrogens is 605 g/mol. The van der Waals surface area contributed by atoms with Crippen LogP contribution >= 0.6 is 0 Å². The summed E-state index contributed by atoms with van der Waals surface area (Å²) >= 11 is 0. The van der Waals surface area contributed by atoms with Gasteiger partial charge in [0.15, 0.2) is 0 Å². The second-order valence-corrected chi connectivity index (χ2v) is 12.7. The number of nitrogens with zero attached hydrogens (tertiary/aromatic N) is 1. The first-order valence-corrected chi connectivity index (χ1v) is 17.1. The zero-order valence-electron chi connectivity index (χ0n) is 27.5. The second kappa shape index (κ2) is 12.8. The minimum Gasteiger partial charge on any atom is -0.355 e. The fourth-order valence-electron chi connectivity index (χ4n) is 7.12. The smallest absolute Gasteiger partial charge is 0.0541 e. The molecule has 0 bridgehead atoms. The van der Waals surface area contributed by atoms with E-state index in [1.54, 1.807) is 0 Å². The summed E-state index contributed by atoms with van der Waals surface area (Å²) in [5, 5.41) is 6.23. The zero-order chi connectivity index (χ0) is 33.3. The molecule has 0 aliphatic heterocycles. The Morgan fingerprint density at radius 2 is 0.840 bits per heavy atom. The number of benzene rings is 8. The summed E-state index contributed by atoms with van der Waals surface area (Å²) in [5.74, 6) is 0. The molecule has 2 nitrogen and oxygen atoms in total. The van der Waals surface area contributed by atoms with Crippen molar-refractivity contribution < 1.29 is 0 Å². The fraction of sp³-hybridized carbons (Fsp3) is 0. The first kappa shape index (κ1) is 29.5. The molecular formula is C48H34N2. The van der Waals surface area contributed by atoms with Gasteiger partial charge >= 0.3 is 0 Å². The molecule has 50 heavy (non-hydrogen) atoms. The van der Waals surface area contributed by atoms with Gasteiger partial charge in [0.2, 0.25) is 0 Å². The second-order valence-electron chi connectivity index (χ2n) is 12.7. The molecule has 236 valence electrons. The number of nitrogens with one attached hydrogen (secondary N) is 1. The molecule has 0 atom stereocenters. The van der Waals surface area contributed by atoms with Gasteiger partial charge in [0, 0.05) is 33.4 Å². The Morgan fingerprint density at radius 3 is 1.58 bits per heavy atom. The Kier molecular flexibility index (Phi) is 7.53. The molecule has 8 aromatic carbocycles. The van der Waals surface area contributed by atoms with Crippen LogP contribution in [0.2, 0.25) is 0 Å². The first-order chi connectivity index (χ1) is 24.8. The number of fused-ring (bicyclic) bond motifs is 3. The van der Waals surface area contributed by atoms with E-state index in [9.17, 15) is 0 Å². The average Bonchev–Trinajstić information content (AvgIpc) is 3.53. The first-order valence-electron chi connectivity index (χ1n) is 17.1. The summed E-state index contributed by atoms with van der Waals surface area (Å²) in [6.45, 7) is 0.